The summed E-state index contributed by atoms with van der Waals surface area (Å²) in [6, 6.07) is 9.46. The quantitative estimate of drug-likeness (QED) is 0.804. The minimum absolute atomic E-state index is 0.0316. The Labute approximate surface area is 161 Å². The van der Waals surface area contributed by atoms with Crippen molar-refractivity contribution in [2.45, 2.75) is 31.8 Å². The number of amides is 2. The van der Waals surface area contributed by atoms with Crippen molar-refractivity contribution in [2.75, 3.05) is 18.1 Å². The van der Waals surface area contributed by atoms with Crippen LogP contribution in [0.4, 0.5) is 10.5 Å². The molecule has 1 unspecified atom stereocenters. The average molecular weight is 387 g/mol. The van der Waals surface area contributed by atoms with Gasteiger partial charge in [0, 0.05) is 0 Å². The third kappa shape index (κ3) is 3.38. The molecule has 0 saturated heterocycles. The number of ether oxygens (including phenoxy) is 2. The maximum Gasteiger partial charge on any atom is 0.421 e. The summed E-state index contributed by atoms with van der Waals surface area (Å²) in [7, 11) is 0. The second kappa shape index (κ2) is 7.12. The van der Waals surface area contributed by atoms with Crippen LogP contribution in [0, 0.1) is 0 Å². The maximum absolute atomic E-state index is 13.2. The second-order valence-electron chi connectivity index (χ2n) is 7.43. The molecule has 3 rings (SSSR count). The third-order valence-electron chi connectivity index (χ3n) is 4.29. The van der Waals surface area contributed by atoms with Crippen molar-refractivity contribution in [2.24, 2.45) is 0 Å². The standard InChI is InChI=1S/C20H21NO7/c1-19(2,3)28-18(25)21-14-8-5-4-7-13(14)20(11-22,17(21)24)12-27-16(23)15-9-6-10-26-15/h4-10,22H,11-12H2,1-3H3. The van der Waals surface area contributed by atoms with Crippen molar-refractivity contribution in [3.8, 4) is 0 Å². The number of aliphatic hydroxyl groups is 1. The summed E-state index contributed by atoms with van der Waals surface area (Å²) < 4.78 is 15.5. The number of aliphatic hydroxyl groups excluding tert-OH is 1. The highest BCUT2D eigenvalue weighted by Crippen LogP contribution is 2.42. The summed E-state index contributed by atoms with van der Waals surface area (Å²) in [5.74, 6) is -1.53. The molecule has 8 heteroatoms. The molecule has 0 bridgehead atoms. The van der Waals surface area contributed by atoms with E-state index in [0.29, 0.717) is 5.56 Å². The van der Waals surface area contributed by atoms with Gasteiger partial charge in [-0.1, -0.05) is 18.2 Å². The monoisotopic (exact) mass is 387 g/mol. The van der Waals surface area contributed by atoms with Crippen LogP contribution < -0.4 is 4.90 Å². The van der Waals surface area contributed by atoms with Gasteiger partial charge < -0.3 is 19.0 Å². The molecule has 0 saturated carbocycles. The van der Waals surface area contributed by atoms with Gasteiger partial charge in [0.1, 0.15) is 17.6 Å². The maximum atomic E-state index is 13.2. The molecule has 1 aliphatic rings. The normalized spacial score (nSPS) is 18.7. The Bertz CT molecular complexity index is 898. The number of rotatable bonds is 4. The first-order valence-corrected chi connectivity index (χ1v) is 8.68. The van der Waals surface area contributed by atoms with Crippen LogP contribution in [-0.4, -0.2) is 41.9 Å². The van der Waals surface area contributed by atoms with Crippen molar-refractivity contribution in [3.63, 3.8) is 0 Å². The van der Waals surface area contributed by atoms with E-state index in [1.54, 1.807) is 45.0 Å². The molecule has 0 aliphatic carbocycles. The predicted molar refractivity (Wildman–Crippen MR) is 97.9 cm³/mol. The lowest BCUT2D eigenvalue weighted by molar-refractivity contribution is -0.126. The highest BCUT2D eigenvalue weighted by Gasteiger charge is 2.54. The number of imide groups is 1. The highest BCUT2D eigenvalue weighted by atomic mass is 16.6. The van der Waals surface area contributed by atoms with E-state index in [2.05, 4.69) is 0 Å². The lowest BCUT2D eigenvalue weighted by Crippen LogP contribution is -2.49. The van der Waals surface area contributed by atoms with Gasteiger partial charge in [-0.2, -0.15) is 0 Å². The number of hydrogen-bond acceptors (Lipinski definition) is 7. The van der Waals surface area contributed by atoms with Crippen molar-refractivity contribution in [3.05, 3.63) is 54.0 Å². The number of carbonyl (C=O) groups is 3. The van der Waals surface area contributed by atoms with Crippen LogP contribution in [0.2, 0.25) is 0 Å². The molecule has 0 spiro atoms. The Morgan fingerprint density at radius 1 is 1.18 bits per heavy atom. The van der Waals surface area contributed by atoms with Crippen LogP contribution in [0.3, 0.4) is 0 Å². The molecule has 8 nitrogen and oxygen atoms in total. The first-order chi connectivity index (χ1) is 13.2. The third-order valence-corrected chi connectivity index (χ3v) is 4.29. The van der Waals surface area contributed by atoms with Gasteiger partial charge in [0.2, 0.25) is 5.76 Å². The molecule has 2 heterocycles. The number of benzene rings is 1. The van der Waals surface area contributed by atoms with Crippen molar-refractivity contribution >= 4 is 23.7 Å². The largest absolute Gasteiger partial charge is 0.458 e. The Kier molecular flexibility index (Phi) is 4.99. The number of furan rings is 1. The smallest absolute Gasteiger partial charge is 0.421 e. The zero-order valence-electron chi connectivity index (χ0n) is 15.8. The van der Waals surface area contributed by atoms with Gasteiger partial charge >= 0.3 is 12.1 Å². The zero-order chi connectivity index (χ0) is 20.5. The fourth-order valence-electron chi connectivity index (χ4n) is 2.99. The number of fused-ring (bicyclic) bond motifs is 1. The van der Waals surface area contributed by atoms with Crippen LogP contribution in [0.25, 0.3) is 0 Å². The summed E-state index contributed by atoms with van der Waals surface area (Å²) in [4.78, 5) is 38.8. The van der Waals surface area contributed by atoms with E-state index in [0.717, 1.165) is 4.90 Å². The number of hydrogen-bond donors (Lipinski definition) is 1. The minimum Gasteiger partial charge on any atom is -0.458 e. The van der Waals surface area contributed by atoms with Crippen LogP contribution in [0.15, 0.2) is 47.1 Å². The molecular formula is C20H21NO7. The number of para-hydroxylation sites is 1. The molecule has 1 aromatic carbocycles. The molecule has 148 valence electrons. The average Bonchev–Trinajstić information content (AvgIpc) is 3.24. The highest BCUT2D eigenvalue weighted by molar-refractivity contribution is 6.21. The molecule has 1 N–H and O–H groups in total. The molecule has 2 aromatic rings. The Balaban J connectivity index is 1.94. The lowest BCUT2D eigenvalue weighted by Gasteiger charge is -2.27. The van der Waals surface area contributed by atoms with Gasteiger partial charge in [-0.3, -0.25) is 4.79 Å². The van der Waals surface area contributed by atoms with Crippen LogP contribution in [0.1, 0.15) is 36.9 Å². The number of esters is 1. The molecule has 1 aliphatic heterocycles. The van der Waals surface area contributed by atoms with Gasteiger partial charge in [0.25, 0.3) is 5.91 Å². The lowest BCUT2D eigenvalue weighted by atomic mass is 9.83. The summed E-state index contributed by atoms with van der Waals surface area (Å²) in [6.45, 7) is 3.93. The molecule has 2 amide bonds. The minimum atomic E-state index is -1.62. The molecule has 1 aromatic heterocycles. The van der Waals surface area contributed by atoms with Crippen LogP contribution >= 0.6 is 0 Å². The van der Waals surface area contributed by atoms with Crippen LogP contribution in [0.5, 0.6) is 0 Å². The topological polar surface area (TPSA) is 106 Å². The number of carbonyl (C=O) groups excluding carboxylic acids is 3. The van der Waals surface area contributed by atoms with E-state index in [9.17, 15) is 19.5 Å². The number of nitrogens with zero attached hydrogens (tertiary/aromatic N) is 1. The summed E-state index contributed by atoms with van der Waals surface area (Å²) in [6.07, 6.45) is 0.455. The predicted octanol–water partition coefficient (Wildman–Crippen LogP) is 2.65. The van der Waals surface area contributed by atoms with E-state index < -0.39 is 42.2 Å². The van der Waals surface area contributed by atoms with Gasteiger partial charge in [-0.15, -0.1) is 0 Å². The molecule has 28 heavy (non-hydrogen) atoms. The van der Waals surface area contributed by atoms with E-state index in [-0.39, 0.29) is 11.4 Å². The Morgan fingerprint density at radius 2 is 1.89 bits per heavy atom. The van der Waals surface area contributed by atoms with Crippen molar-refractivity contribution in [1.82, 2.24) is 0 Å². The van der Waals surface area contributed by atoms with Gasteiger partial charge in [-0.05, 0) is 44.5 Å². The SMILES string of the molecule is CC(C)(C)OC(=O)N1C(=O)C(CO)(COC(=O)c2ccco2)c2ccccc21. The van der Waals surface area contributed by atoms with E-state index in [1.807, 2.05) is 0 Å². The van der Waals surface area contributed by atoms with Gasteiger partial charge in [-0.25, -0.2) is 14.5 Å². The van der Waals surface area contributed by atoms with Crippen LogP contribution in [-0.2, 0) is 19.7 Å². The van der Waals surface area contributed by atoms with Crippen molar-refractivity contribution in [1.29, 1.82) is 0 Å². The fourth-order valence-corrected chi connectivity index (χ4v) is 2.99. The van der Waals surface area contributed by atoms with E-state index in [1.165, 1.54) is 18.4 Å². The van der Waals surface area contributed by atoms with Gasteiger partial charge in [0.05, 0.1) is 18.6 Å². The summed E-state index contributed by atoms with van der Waals surface area (Å²) in [5.41, 5.74) is -1.77. The summed E-state index contributed by atoms with van der Waals surface area (Å²) in [5, 5.41) is 10.1. The first kappa shape index (κ1) is 19.6. The van der Waals surface area contributed by atoms with E-state index in [4.69, 9.17) is 13.9 Å². The summed E-state index contributed by atoms with van der Waals surface area (Å²) >= 11 is 0. The molecule has 0 radical (unpaired) electrons. The van der Waals surface area contributed by atoms with E-state index >= 15 is 0 Å². The fraction of sp³-hybridized carbons (Fsp3) is 0.350. The Hall–Kier alpha value is -3.13. The molecular weight excluding hydrogens is 366 g/mol. The number of anilines is 1. The Morgan fingerprint density at radius 3 is 2.50 bits per heavy atom. The zero-order valence-corrected chi connectivity index (χ0v) is 15.8. The van der Waals surface area contributed by atoms with Crippen molar-refractivity contribution < 1.29 is 33.4 Å². The molecule has 1 atom stereocenters. The second-order valence-corrected chi connectivity index (χ2v) is 7.43. The first-order valence-electron chi connectivity index (χ1n) is 8.68. The molecule has 0 fully saturated rings. The van der Waals surface area contributed by atoms with Gasteiger partial charge in [0.15, 0.2) is 0 Å².